The van der Waals surface area contributed by atoms with E-state index in [4.69, 9.17) is 5.73 Å². The number of carbonyl (C=O) groups is 1. The molecule has 6 heteroatoms. The lowest BCUT2D eigenvalue weighted by Crippen LogP contribution is -2.39. The predicted octanol–water partition coefficient (Wildman–Crippen LogP) is 1.81. The maximum atomic E-state index is 12.1. The summed E-state index contributed by atoms with van der Waals surface area (Å²) in [5.74, 6) is -0.0437. The number of amides is 1. The second-order valence-corrected chi connectivity index (χ2v) is 5.83. The van der Waals surface area contributed by atoms with Gasteiger partial charge in [0.15, 0.2) is 0 Å². The van der Waals surface area contributed by atoms with Crippen LogP contribution >= 0.6 is 11.3 Å². The molecule has 1 saturated carbocycles. The van der Waals surface area contributed by atoms with E-state index in [0.717, 1.165) is 28.8 Å². The molecule has 2 heterocycles. The molecule has 0 atom stereocenters. The third-order valence-corrected chi connectivity index (χ3v) is 4.80. The molecular weight excluding hydrogens is 248 g/mol. The number of hydrogen-bond acceptors (Lipinski definition) is 4. The van der Waals surface area contributed by atoms with Crippen molar-refractivity contribution >= 4 is 33.1 Å². The Morgan fingerprint density at radius 3 is 2.83 bits per heavy atom. The van der Waals surface area contributed by atoms with E-state index < -0.39 is 0 Å². The van der Waals surface area contributed by atoms with E-state index in [-0.39, 0.29) is 5.91 Å². The predicted molar refractivity (Wildman–Crippen MR) is 72.8 cm³/mol. The zero-order chi connectivity index (χ0) is 12.9. The van der Waals surface area contributed by atoms with E-state index in [1.165, 1.54) is 17.8 Å². The molecule has 2 aromatic heterocycles. The Kier molecular flexibility index (Phi) is 2.55. The molecule has 1 amide bonds. The summed E-state index contributed by atoms with van der Waals surface area (Å²) in [6, 6.07) is 0.335. The van der Waals surface area contributed by atoms with Crippen molar-refractivity contribution in [3.8, 4) is 0 Å². The standard InChI is InChI=1S/C12H16N4OS/c1-6-8-9(13)10(18-12(8)16(2)15-6)11(17)14-7-4-3-5-7/h7H,3-5,13H2,1-2H3,(H,14,17). The van der Waals surface area contributed by atoms with E-state index in [2.05, 4.69) is 10.4 Å². The summed E-state index contributed by atoms with van der Waals surface area (Å²) in [5.41, 5.74) is 7.53. The number of nitrogen functional groups attached to an aromatic ring is 1. The van der Waals surface area contributed by atoms with Crippen LogP contribution in [-0.2, 0) is 7.05 Å². The molecule has 0 aliphatic heterocycles. The van der Waals surface area contributed by atoms with E-state index in [1.54, 1.807) is 4.68 Å². The molecule has 5 nitrogen and oxygen atoms in total. The average molecular weight is 264 g/mol. The van der Waals surface area contributed by atoms with Crippen LogP contribution in [0.4, 0.5) is 5.69 Å². The van der Waals surface area contributed by atoms with Gasteiger partial charge in [-0.3, -0.25) is 9.48 Å². The Bertz CT molecular complexity index is 624. The SMILES string of the molecule is Cc1nn(C)c2sc(C(=O)NC3CCC3)c(N)c12. The van der Waals surface area contributed by atoms with Gasteiger partial charge in [0.2, 0.25) is 0 Å². The maximum Gasteiger partial charge on any atom is 0.263 e. The molecule has 3 N–H and O–H groups in total. The fourth-order valence-corrected chi connectivity index (χ4v) is 3.39. The van der Waals surface area contributed by atoms with Crippen molar-refractivity contribution in [1.82, 2.24) is 15.1 Å². The van der Waals surface area contributed by atoms with Crippen LogP contribution < -0.4 is 11.1 Å². The quantitative estimate of drug-likeness (QED) is 0.868. The first-order valence-electron chi connectivity index (χ1n) is 6.10. The molecule has 0 saturated heterocycles. The Balaban J connectivity index is 1.98. The van der Waals surface area contributed by atoms with Crippen molar-refractivity contribution in [3.05, 3.63) is 10.6 Å². The minimum Gasteiger partial charge on any atom is -0.397 e. The van der Waals surface area contributed by atoms with Crippen LogP contribution in [-0.4, -0.2) is 21.7 Å². The number of hydrogen-bond donors (Lipinski definition) is 2. The largest absolute Gasteiger partial charge is 0.397 e. The highest BCUT2D eigenvalue weighted by Gasteiger charge is 2.25. The maximum absolute atomic E-state index is 12.1. The monoisotopic (exact) mass is 264 g/mol. The van der Waals surface area contributed by atoms with Crippen LogP contribution in [0, 0.1) is 6.92 Å². The first-order chi connectivity index (χ1) is 8.58. The van der Waals surface area contributed by atoms with Crippen LogP contribution in [0.25, 0.3) is 10.2 Å². The summed E-state index contributed by atoms with van der Waals surface area (Å²) < 4.78 is 1.78. The zero-order valence-corrected chi connectivity index (χ0v) is 11.3. The van der Waals surface area contributed by atoms with E-state index >= 15 is 0 Å². The molecule has 3 rings (SSSR count). The molecule has 0 bridgehead atoms. The first-order valence-corrected chi connectivity index (χ1v) is 6.92. The molecule has 1 fully saturated rings. The summed E-state index contributed by atoms with van der Waals surface area (Å²) in [5, 5.41) is 8.26. The van der Waals surface area contributed by atoms with Crippen molar-refractivity contribution in [2.45, 2.75) is 32.2 Å². The fourth-order valence-electron chi connectivity index (χ4n) is 2.30. The molecule has 18 heavy (non-hydrogen) atoms. The van der Waals surface area contributed by atoms with Gasteiger partial charge in [0.1, 0.15) is 9.71 Å². The van der Waals surface area contributed by atoms with Crippen LogP contribution in [0.3, 0.4) is 0 Å². The average Bonchev–Trinajstić information content (AvgIpc) is 2.73. The van der Waals surface area contributed by atoms with Crippen molar-refractivity contribution in [3.63, 3.8) is 0 Å². The van der Waals surface area contributed by atoms with Gasteiger partial charge in [-0.05, 0) is 26.2 Å². The van der Waals surface area contributed by atoms with E-state index in [0.29, 0.717) is 16.6 Å². The molecular formula is C12H16N4OS. The number of nitrogens with two attached hydrogens (primary N) is 1. The van der Waals surface area contributed by atoms with Gasteiger partial charge in [0.05, 0.1) is 16.8 Å². The molecule has 0 aromatic carbocycles. The Morgan fingerprint density at radius 1 is 1.56 bits per heavy atom. The third-order valence-electron chi connectivity index (χ3n) is 3.53. The van der Waals surface area contributed by atoms with Crippen LogP contribution in [0.15, 0.2) is 0 Å². The van der Waals surface area contributed by atoms with Gasteiger partial charge in [0.25, 0.3) is 5.91 Å². The van der Waals surface area contributed by atoms with Crippen LogP contribution in [0.1, 0.15) is 34.6 Å². The van der Waals surface area contributed by atoms with E-state index in [9.17, 15) is 4.79 Å². The highest BCUT2D eigenvalue weighted by molar-refractivity contribution is 7.21. The topological polar surface area (TPSA) is 72.9 Å². The third kappa shape index (κ3) is 1.59. The number of carbonyl (C=O) groups excluding carboxylic acids is 1. The van der Waals surface area contributed by atoms with Gasteiger partial charge >= 0.3 is 0 Å². The van der Waals surface area contributed by atoms with Crippen molar-refractivity contribution < 1.29 is 4.79 Å². The number of aromatic nitrogens is 2. The minimum absolute atomic E-state index is 0.0437. The lowest BCUT2D eigenvalue weighted by molar-refractivity contribution is 0.0922. The van der Waals surface area contributed by atoms with Crippen LogP contribution in [0.2, 0.25) is 0 Å². The Morgan fingerprint density at radius 2 is 2.28 bits per heavy atom. The normalized spacial score (nSPS) is 15.9. The molecule has 1 aliphatic carbocycles. The Labute approximate surface area is 109 Å². The summed E-state index contributed by atoms with van der Waals surface area (Å²) in [6.45, 7) is 1.92. The van der Waals surface area contributed by atoms with E-state index in [1.807, 2.05) is 14.0 Å². The molecule has 96 valence electrons. The molecule has 0 unspecified atom stereocenters. The van der Waals surface area contributed by atoms with Crippen molar-refractivity contribution in [1.29, 1.82) is 0 Å². The molecule has 0 spiro atoms. The fraction of sp³-hybridized carbons (Fsp3) is 0.500. The van der Waals surface area contributed by atoms with Gasteiger partial charge in [-0.25, -0.2) is 0 Å². The van der Waals surface area contributed by atoms with Gasteiger partial charge < -0.3 is 11.1 Å². The highest BCUT2D eigenvalue weighted by Crippen LogP contribution is 2.35. The zero-order valence-electron chi connectivity index (χ0n) is 10.5. The second-order valence-electron chi connectivity index (χ2n) is 4.84. The number of anilines is 1. The summed E-state index contributed by atoms with van der Waals surface area (Å²) in [7, 11) is 1.87. The smallest absolute Gasteiger partial charge is 0.263 e. The number of thiophene rings is 1. The highest BCUT2D eigenvalue weighted by atomic mass is 32.1. The molecule has 0 radical (unpaired) electrons. The lowest BCUT2D eigenvalue weighted by Gasteiger charge is -2.26. The minimum atomic E-state index is -0.0437. The summed E-state index contributed by atoms with van der Waals surface area (Å²) in [4.78, 5) is 13.7. The summed E-state index contributed by atoms with van der Waals surface area (Å²) in [6.07, 6.45) is 3.37. The van der Waals surface area contributed by atoms with Crippen molar-refractivity contribution in [2.75, 3.05) is 5.73 Å². The van der Waals surface area contributed by atoms with Gasteiger partial charge in [0, 0.05) is 13.1 Å². The molecule has 2 aromatic rings. The summed E-state index contributed by atoms with van der Waals surface area (Å²) >= 11 is 1.42. The van der Waals surface area contributed by atoms with Gasteiger partial charge in [-0.1, -0.05) is 0 Å². The number of rotatable bonds is 2. The first kappa shape index (κ1) is 11.5. The second kappa shape index (κ2) is 3.98. The Hall–Kier alpha value is -1.56. The molecule has 1 aliphatic rings. The van der Waals surface area contributed by atoms with Crippen molar-refractivity contribution in [2.24, 2.45) is 7.05 Å². The van der Waals surface area contributed by atoms with Crippen LogP contribution in [0.5, 0.6) is 0 Å². The lowest BCUT2D eigenvalue weighted by atomic mass is 9.93. The van der Waals surface area contributed by atoms with Gasteiger partial charge in [-0.2, -0.15) is 5.10 Å². The number of fused-ring (bicyclic) bond motifs is 1. The number of aryl methyl sites for hydroxylation is 2. The number of nitrogens with one attached hydrogen (secondary N) is 1. The number of nitrogens with zero attached hydrogens (tertiary/aromatic N) is 2. The van der Waals surface area contributed by atoms with Gasteiger partial charge in [-0.15, -0.1) is 11.3 Å².